The average Bonchev–Trinajstić information content (AvgIpc) is 2.69. The normalized spacial score (nSPS) is 14.8. The van der Waals surface area contributed by atoms with Crippen LogP contribution in [-0.2, 0) is 17.6 Å². The van der Waals surface area contributed by atoms with Crippen molar-refractivity contribution in [3.8, 4) is 0 Å². The highest BCUT2D eigenvalue weighted by molar-refractivity contribution is 5.97. The third kappa shape index (κ3) is 1.32. The summed E-state index contributed by atoms with van der Waals surface area (Å²) >= 11 is 0. The SMILES string of the molecule is O=CNc1cccc2c3c([nH]c12)CCCC3. The topological polar surface area (TPSA) is 44.9 Å². The predicted octanol–water partition coefficient (Wildman–Crippen LogP) is 2.62. The molecular weight excluding hydrogens is 200 g/mol. The van der Waals surface area contributed by atoms with Gasteiger partial charge in [-0.1, -0.05) is 12.1 Å². The molecule has 0 atom stereocenters. The van der Waals surface area contributed by atoms with Gasteiger partial charge in [-0.15, -0.1) is 0 Å². The Hall–Kier alpha value is -1.77. The zero-order chi connectivity index (χ0) is 11.0. The summed E-state index contributed by atoms with van der Waals surface area (Å²) in [7, 11) is 0. The number of fused-ring (bicyclic) bond motifs is 3. The predicted molar refractivity (Wildman–Crippen MR) is 64.6 cm³/mol. The van der Waals surface area contributed by atoms with E-state index in [9.17, 15) is 4.79 Å². The summed E-state index contributed by atoms with van der Waals surface area (Å²) in [6.45, 7) is 0. The molecule has 1 aromatic heterocycles. The summed E-state index contributed by atoms with van der Waals surface area (Å²) in [5.74, 6) is 0. The molecule has 16 heavy (non-hydrogen) atoms. The van der Waals surface area contributed by atoms with E-state index in [1.807, 2.05) is 12.1 Å². The van der Waals surface area contributed by atoms with E-state index in [2.05, 4.69) is 16.4 Å². The van der Waals surface area contributed by atoms with Crippen LogP contribution in [0.4, 0.5) is 5.69 Å². The summed E-state index contributed by atoms with van der Waals surface area (Å²) in [6.07, 6.45) is 5.54. The van der Waals surface area contributed by atoms with Gasteiger partial charge in [-0.05, 0) is 37.3 Å². The molecule has 0 aliphatic heterocycles. The molecule has 0 saturated carbocycles. The van der Waals surface area contributed by atoms with Crippen LogP contribution in [0.3, 0.4) is 0 Å². The average molecular weight is 214 g/mol. The Balaban J connectivity index is 2.24. The Bertz CT molecular complexity index is 542. The van der Waals surface area contributed by atoms with E-state index in [1.54, 1.807) is 0 Å². The maximum Gasteiger partial charge on any atom is 0.211 e. The van der Waals surface area contributed by atoms with E-state index < -0.39 is 0 Å². The van der Waals surface area contributed by atoms with Crippen molar-refractivity contribution in [1.29, 1.82) is 0 Å². The van der Waals surface area contributed by atoms with Gasteiger partial charge >= 0.3 is 0 Å². The highest BCUT2D eigenvalue weighted by Crippen LogP contribution is 2.32. The summed E-state index contributed by atoms with van der Waals surface area (Å²) in [5.41, 5.74) is 4.74. The fourth-order valence-electron chi connectivity index (χ4n) is 2.61. The Labute approximate surface area is 93.9 Å². The molecule has 0 fully saturated rings. The van der Waals surface area contributed by atoms with Gasteiger partial charge in [0.2, 0.25) is 6.41 Å². The Morgan fingerprint density at radius 1 is 1.25 bits per heavy atom. The van der Waals surface area contributed by atoms with Crippen molar-refractivity contribution in [2.45, 2.75) is 25.7 Å². The van der Waals surface area contributed by atoms with E-state index in [0.29, 0.717) is 0 Å². The van der Waals surface area contributed by atoms with Crippen LogP contribution < -0.4 is 5.32 Å². The molecule has 1 amide bonds. The van der Waals surface area contributed by atoms with E-state index in [4.69, 9.17) is 0 Å². The number of aryl methyl sites for hydroxylation is 2. The smallest absolute Gasteiger partial charge is 0.211 e. The van der Waals surface area contributed by atoms with Crippen molar-refractivity contribution < 1.29 is 4.79 Å². The Morgan fingerprint density at radius 2 is 2.12 bits per heavy atom. The first-order valence-electron chi connectivity index (χ1n) is 5.73. The standard InChI is InChI=1S/C13H14N2O/c16-8-14-12-7-3-5-10-9-4-1-2-6-11(9)15-13(10)12/h3,5,7-8,15H,1-2,4,6H2,(H,14,16). The van der Waals surface area contributed by atoms with Gasteiger partial charge in [-0.3, -0.25) is 4.79 Å². The minimum Gasteiger partial charge on any atom is -0.356 e. The molecule has 0 unspecified atom stereocenters. The van der Waals surface area contributed by atoms with Gasteiger partial charge < -0.3 is 10.3 Å². The molecule has 3 nitrogen and oxygen atoms in total. The van der Waals surface area contributed by atoms with Crippen LogP contribution in [0.2, 0.25) is 0 Å². The van der Waals surface area contributed by atoms with Crippen LogP contribution >= 0.6 is 0 Å². The lowest BCUT2D eigenvalue weighted by atomic mass is 9.96. The van der Waals surface area contributed by atoms with Crippen molar-refractivity contribution in [1.82, 2.24) is 4.98 Å². The number of carbonyl (C=O) groups excluding carboxylic acids is 1. The molecule has 3 rings (SSSR count). The van der Waals surface area contributed by atoms with Gasteiger partial charge in [-0.2, -0.15) is 0 Å². The third-order valence-electron chi connectivity index (χ3n) is 3.35. The number of aromatic amines is 1. The molecule has 2 aromatic rings. The second-order valence-corrected chi connectivity index (χ2v) is 4.28. The highest BCUT2D eigenvalue weighted by Gasteiger charge is 2.16. The molecule has 3 heteroatoms. The molecule has 1 aliphatic rings. The first-order chi connectivity index (χ1) is 7.90. The number of amides is 1. The molecule has 1 heterocycles. The molecule has 1 aromatic carbocycles. The number of hydrogen-bond acceptors (Lipinski definition) is 1. The number of rotatable bonds is 2. The van der Waals surface area contributed by atoms with Crippen LogP contribution in [0.1, 0.15) is 24.1 Å². The third-order valence-corrected chi connectivity index (χ3v) is 3.35. The van der Waals surface area contributed by atoms with Crippen LogP contribution in [0, 0.1) is 0 Å². The molecule has 82 valence electrons. The Morgan fingerprint density at radius 3 is 3.00 bits per heavy atom. The lowest BCUT2D eigenvalue weighted by Gasteiger charge is -2.10. The number of H-pyrrole nitrogens is 1. The van der Waals surface area contributed by atoms with Gasteiger partial charge in [0, 0.05) is 11.1 Å². The maximum absolute atomic E-state index is 10.5. The molecule has 1 aliphatic carbocycles. The maximum atomic E-state index is 10.5. The minimum absolute atomic E-state index is 0.731. The van der Waals surface area contributed by atoms with Crippen molar-refractivity contribution in [3.05, 3.63) is 29.5 Å². The number of para-hydroxylation sites is 1. The first-order valence-corrected chi connectivity index (χ1v) is 5.73. The van der Waals surface area contributed by atoms with Crippen LogP contribution in [0.25, 0.3) is 10.9 Å². The quantitative estimate of drug-likeness (QED) is 0.741. The molecular formula is C13H14N2O. The second-order valence-electron chi connectivity index (χ2n) is 4.28. The van der Waals surface area contributed by atoms with Crippen LogP contribution in [-0.4, -0.2) is 11.4 Å². The summed E-state index contributed by atoms with van der Waals surface area (Å²) < 4.78 is 0. The summed E-state index contributed by atoms with van der Waals surface area (Å²) in [4.78, 5) is 14.0. The van der Waals surface area contributed by atoms with E-state index in [-0.39, 0.29) is 0 Å². The lowest BCUT2D eigenvalue weighted by molar-refractivity contribution is -0.105. The fourth-order valence-corrected chi connectivity index (χ4v) is 2.61. The number of hydrogen-bond donors (Lipinski definition) is 2. The lowest BCUT2D eigenvalue weighted by Crippen LogP contribution is -1.99. The fraction of sp³-hybridized carbons (Fsp3) is 0.308. The van der Waals surface area contributed by atoms with Crippen molar-refractivity contribution in [3.63, 3.8) is 0 Å². The van der Waals surface area contributed by atoms with Crippen LogP contribution in [0.15, 0.2) is 18.2 Å². The van der Waals surface area contributed by atoms with Gasteiger partial charge in [0.1, 0.15) is 0 Å². The first kappa shape index (κ1) is 9.46. The zero-order valence-corrected chi connectivity index (χ0v) is 9.05. The van der Waals surface area contributed by atoms with Crippen molar-refractivity contribution in [2.75, 3.05) is 5.32 Å². The van der Waals surface area contributed by atoms with E-state index in [0.717, 1.165) is 30.5 Å². The monoisotopic (exact) mass is 214 g/mol. The van der Waals surface area contributed by atoms with Gasteiger partial charge in [0.25, 0.3) is 0 Å². The minimum atomic E-state index is 0.731. The van der Waals surface area contributed by atoms with E-state index >= 15 is 0 Å². The van der Waals surface area contributed by atoms with Crippen LogP contribution in [0.5, 0.6) is 0 Å². The Kier molecular flexibility index (Phi) is 2.17. The largest absolute Gasteiger partial charge is 0.356 e. The number of nitrogens with one attached hydrogen (secondary N) is 2. The summed E-state index contributed by atoms with van der Waals surface area (Å²) in [5, 5.41) is 4.01. The van der Waals surface area contributed by atoms with Crippen molar-refractivity contribution in [2.24, 2.45) is 0 Å². The number of benzene rings is 1. The number of anilines is 1. The van der Waals surface area contributed by atoms with Gasteiger partial charge in [0.05, 0.1) is 11.2 Å². The number of carbonyl (C=O) groups is 1. The molecule has 2 N–H and O–H groups in total. The molecule has 0 spiro atoms. The van der Waals surface area contributed by atoms with Gasteiger partial charge in [-0.25, -0.2) is 0 Å². The van der Waals surface area contributed by atoms with Crippen molar-refractivity contribution >= 4 is 23.0 Å². The van der Waals surface area contributed by atoms with Gasteiger partial charge in [0.15, 0.2) is 0 Å². The molecule has 0 bridgehead atoms. The number of aromatic nitrogens is 1. The molecule has 0 saturated heterocycles. The summed E-state index contributed by atoms with van der Waals surface area (Å²) in [6, 6.07) is 6.06. The molecule has 0 radical (unpaired) electrons. The second kappa shape index (κ2) is 3.67. The van der Waals surface area contributed by atoms with E-state index in [1.165, 1.54) is 29.5 Å². The zero-order valence-electron chi connectivity index (χ0n) is 9.05. The highest BCUT2D eigenvalue weighted by atomic mass is 16.1.